The third-order valence-corrected chi connectivity index (χ3v) is 4.96. The number of esters is 2. The molecule has 2 atom stereocenters. The molecule has 1 rings (SSSR count). The molecule has 5 heteroatoms. The van der Waals surface area contributed by atoms with Gasteiger partial charge >= 0.3 is 11.9 Å². The molecule has 0 spiro atoms. The molecule has 1 aromatic carbocycles. The van der Waals surface area contributed by atoms with E-state index in [1.807, 2.05) is 24.3 Å². The van der Waals surface area contributed by atoms with Crippen LogP contribution in [0, 0.1) is 11.3 Å². The van der Waals surface area contributed by atoms with Gasteiger partial charge in [0.1, 0.15) is 23.9 Å². The van der Waals surface area contributed by atoms with Crippen LogP contribution in [0.25, 0.3) is 6.08 Å². The van der Waals surface area contributed by atoms with Crippen LogP contribution in [0.4, 0.5) is 0 Å². The summed E-state index contributed by atoms with van der Waals surface area (Å²) in [5, 5.41) is 9.25. The summed E-state index contributed by atoms with van der Waals surface area (Å²) in [6, 6.07) is 11.0. The van der Waals surface area contributed by atoms with Crippen LogP contribution in [-0.2, 0) is 19.1 Å². The Hall–Kier alpha value is -2.61. The standard InChI is InChI=1S/C25H35NO4/c1-4-5-6-7-8-9-10-14-17-24(27)29-20(2)21(3)30-25(28)23(19-26)18-22-15-12-11-13-16-22/h11-13,15-16,18,20-21H,4-10,14,17H2,1-3H3/b23-18+. The van der Waals surface area contributed by atoms with E-state index >= 15 is 0 Å². The zero-order valence-electron chi connectivity index (χ0n) is 18.6. The van der Waals surface area contributed by atoms with Crippen molar-refractivity contribution in [3.05, 3.63) is 41.5 Å². The summed E-state index contributed by atoms with van der Waals surface area (Å²) in [7, 11) is 0. The minimum atomic E-state index is -0.722. The van der Waals surface area contributed by atoms with Gasteiger partial charge in [-0.2, -0.15) is 5.26 Å². The van der Waals surface area contributed by atoms with Gasteiger partial charge in [-0.1, -0.05) is 82.2 Å². The highest BCUT2D eigenvalue weighted by molar-refractivity contribution is 5.98. The highest BCUT2D eigenvalue weighted by atomic mass is 16.6. The lowest BCUT2D eigenvalue weighted by Crippen LogP contribution is -2.31. The lowest BCUT2D eigenvalue weighted by molar-refractivity contribution is -0.162. The largest absolute Gasteiger partial charge is 0.459 e. The van der Waals surface area contributed by atoms with Crippen molar-refractivity contribution in [1.29, 1.82) is 5.26 Å². The number of unbranched alkanes of at least 4 members (excludes halogenated alkanes) is 7. The van der Waals surface area contributed by atoms with Crippen molar-refractivity contribution >= 4 is 18.0 Å². The fraction of sp³-hybridized carbons (Fsp3) is 0.560. The number of carbonyl (C=O) groups excluding carboxylic acids is 2. The van der Waals surface area contributed by atoms with Crippen LogP contribution in [0.3, 0.4) is 0 Å². The molecule has 0 aromatic heterocycles. The monoisotopic (exact) mass is 413 g/mol. The van der Waals surface area contributed by atoms with Gasteiger partial charge in [0.05, 0.1) is 0 Å². The molecule has 0 radical (unpaired) electrons. The predicted molar refractivity (Wildman–Crippen MR) is 118 cm³/mol. The molecule has 30 heavy (non-hydrogen) atoms. The Morgan fingerprint density at radius 1 is 0.933 bits per heavy atom. The molecule has 0 heterocycles. The Labute approximate surface area is 181 Å². The molecule has 0 saturated heterocycles. The molecule has 0 saturated carbocycles. The molecule has 0 aliphatic heterocycles. The molecular formula is C25H35NO4. The fourth-order valence-electron chi connectivity index (χ4n) is 2.95. The summed E-state index contributed by atoms with van der Waals surface area (Å²) < 4.78 is 10.7. The Kier molecular flexibility index (Phi) is 12.9. The Bertz CT molecular complexity index is 706. The summed E-state index contributed by atoms with van der Waals surface area (Å²) in [5.41, 5.74) is 0.647. The maximum absolute atomic E-state index is 12.3. The van der Waals surface area contributed by atoms with Gasteiger partial charge in [-0.05, 0) is 31.9 Å². The van der Waals surface area contributed by atoms with E-state index in [1.165, 1.54) is 38.2 Å². The zero-order valence-corrected chi connectivity index (χ0v) is 18.6. The van der Waals surface area contributed by atoms with E-state index in [4.69, 9.17) is 9.47 Å². The van der Waals surface area contributed by atoms with Crippen LogP contribution >= 0.6 is 0 Å². The first-order chi connectivity index (χ1) is 14.5. The number of rotatable bonds is 14. The Morgan fingerprint density at radius 3 is 2.10 bits per heavy atom. The molecule has 0 amide bonds. The maximum atomic E-state index is 12.3. The van der Waals surface area contributed by atoms with E-state index in [0.29, 0.717) is 6.42 Å². The van der Waals surface area contributed by atoms with E-state index in [-0.39, 0.29) is 11.5 Å². The lowest BCUT2D eigenvalue weighted by Gasteiger charge is -2.20. The van der Waals surface area contributed by atoms with E-state index in [9.17, 15) is 14.9 Å². The second-order valence-corrected chi connectivity index (χ2v) is 7.61. The van der Waals surface area contributed by atoms with Gasteiger partial charge in [-0.3, -0.25) is 4.79 Å². The van der Waals surface area contributed by atoms with Crippen molar-refractivity contribution in [3.8, 4) is 6.07 Å². The number of ether oxygens (including phenoxy) is 2. The zero-order chi connectivity index (χ0) is 22.2. The normalized spacial score (nSPS) is 13.2. The molecule has 2 unspecified atom stereocenters. The number of nitriles is 1. The van der Waals surface area contributed by atoms with Crippen molar-refractivity contribution in [1.82, 2.24) is 0 Å². The van der Waals surface area contributed by atoms with Crippen molar-refractivity contribution in [2.45, 2.75) is 90.8 Å². The van der Waals surface area contributed by atoms with Gasteiger partial charge in [-0.25, -0.2) is 4.79 Å². The highest BCUT2D eigenvalue weighted by Gasteiger charge is 2.22. The average Bonchev–Trinajstić information content (AvgIpc) is 2.74. The summed E-state index contributed by atoms with van der Waals surface area (Å²) in [4.78, 5) is 24.3. The minimum Gasteiger partial charge on any atom is -0.459 e. The predicted octanol–water partition coefficient (Wildman–Crippen LogP) is 5.99. The van der Waals surface area contributed by atoms with E-state index in [0.717, 1.165) is 24.8 Å². The molecule has 0 aliphatic rings. The molecule has 164 valence electrons. The number of benzene rings is 1. The highest BCUT2D eigenvalue weighted by Crippen LogP contribution is 2.13. The Balaban J connectivity index is 2.33. The van der Waals surface area contributed by atoms with Crippen molar-refractivity contribution in [2.24, 2.45) is 0 Å². The molecule has 0 fully saturated rings. The van der Waals surface area contributed by atoms with Gasteiger partial charge < -0.3 is 9.47 Å². The van der Waals surface area contributed by atoms with E-state index < -0.39 is 18.2 Å². The maximum Gasteiger partial charge on any atom is 0.349 e. The van der Waals surface area contributed by atoms with Crippen LogP contribution in [0.15, 0.2) is 35.9 Å². The number of hydrogen-bond acceptors (Lipinski definition) is 5. The smallest absolute Gasteiger partial charge is 0.349 e. The first-order valence-electron chi connectivity index (χ1n) is 11.0. The van der Waals surface area contributed by atoms with Crippen LogP contribution < -0.4 is 0 Å². The minimum absolute atomic E-state index is 0.0921. The molecule has 5 nitrogen and oxygen atoms in total. The molecule has 0 bridgehead atoms. The second-order valence-electron chi connectivity index (χ2n) is 7.61. The summed E-state index contributed by atoms with van der Waals surface area (Å²) in [6.45, 7) is 5.55. The van der Waals surface area contributed by atoms with Crippen molar-refractivity contribution in [3.63, 3.8) is 0 Å². The fourth-order valence-corrected chi connectivity index (χ4v) is 2.95. The van der Waals surface area contributed by atoms with E-state index in [1.54, 1.807) is 26.0 Å². The first-order valence-corrected chi connectivity index (χ1v) is 11.0. The van der Waals surface area contributed by atoms with Gasteiger partial charge in [0.15, 0.2) is 0 Å². The summed E-state index contributed by atoms with van der Waals surface area (Å²) >= 11 is 0. The Morgan fingerprint density at radius 2 is 1.50 bits per heavy atom. The van der Waals surface area contributed by atoms with Gasteiger partial charge in [0.2, 0.25) is 0 Å². The van der Waals surface area contributed by atoms with Crippen LogP contribution in [0.5, 0.6) is 0 Å². The number of carbonyl (C=O) groups is 2. The van der Waals surface area contributed by atoms with Gasteiger partial charge in [-0.15, -0.1) is 0 Å². The van der Waals surface area contributed by atoms with Crippen LogP contribution in [-0.4, -0.2) is 24.1 Å². The third-order valence-electron chi connectivity index (χ3n) is 4.96. The first kappa shape index (κ1) is 25.4. The SMILES string of the molecule is CCCCCCCCCCC(=O)OC(C)C(C)OC(=O)/C(C#N)=C/c1ccccc1. The van der Waals surface area contributed by atoms with Crippen molar-refractivity contribution < 1.29 is 19.1 Å². The molecular weight excluding hydrogens is 378 g/mol. The molecule has 1 aromatic rings. The van der Waals surface area contributed by atoms with Gasteiger partial charge in [0.25, 0.3) is 0 Å². The number of hydrogen-bond donors (Lipinski definition) is 0. The molecule has 0 N–H and O–H groups in total. The summed E-state index contributed by atoms with van der Waals surface area (Å²) in [5.74, 6) is -1.00. The molecule has 0 aliphatic carbocycles. The average molecular weight is 414 g/mol. The second kappa shape index (κ2) is 15.3. The lowest BCUT2D eigenvalue weighted by atomic mass is 10.1. The topological polar surface area (TPSA) is 76.4 Å². The number of nitrogens with zero attached hydrogens (tertiary/aromatic N) is 1. The van der Waals surface area contributed by atoms with E-state index in [2.05, 4.69) is 6.92 Å². The van der Waals surface area contributed by atoms with Gasteiger partial charge in [0, 0.05) is 6.42 Å². The van der Waals surface area contributed by atoms with Crippen LogP contribution in [0.2, 0.25) is 0 Å². The van der Waals surface area contributed by atoms with Crippen LogP contribution in [0.1, 0.15) is 84.1 Å². The summed E-state index contributed by atoms with van der Waals surface area (Å²) in [6.07, 6.45) is 9.93. The quantitative estimate of drug-likeness (QED) is 0.162. The third kappa shape index (κ3) is 10.8. The van der Waals surface area contributed by atoms with Crippen molar-refractivity contribution in [2.75, 3.05) is 0 Å².